The molecule has 1 amide bonds. The smallest absolute Gasteiger partial charge is 0.227 e. The Morgan fingerprint density at radius 1 is 1.35 bits per heavy atom. The summed E-state index contributed by atoms with van der Waals surface area (Å²) in [6.45, 7) is 4.54. The van der Waals surface area contributed by atoms with E-state index >= 15 is 0 Å². The number of hydrogen-bond acceptors (Lipinski definition) is 1. The van der Waals surface area contributed by atoms with Gasteiger partial charge in [-0.1, -0.05) is 43.7 Å². The van der Waals surface area contributed by atoms with Crippen LogP contribution in [0.25, 0.3) is 0 Å². The van der Waals surface area contributed by atoms with Crippen LogP contribution in [0.15, 0.2) is 30.3 Å². The Morgan fingerprint density at radius 3 is 2.59 bits per heavy atom. The fourth-order valence-electron chi connectivity index (χ4n) is 1.67. The molecule has 0 aliphatic heterocycles. The van der Waals surface area contributed by atoms with Gasteiger partial charge in [0, 0.05) is 6.54 Å². The molecule has 0 radical (unpaired) electrons. The van der Waals surface area contributed by atoms with Crippen molar-refractivity contribution in [3.05, 3.63) is 35.9 Å². The van der Waals surface area contributed by atoms with E-state index in [1.807, 2.05) is 37.3 Å². The molecule has 1 rings (SSSR count). The zero-order chi connectivity index (χ0) is 12.7. The summed E-state index contributed by atoms with van der Waals surface area (Å²) in [7, 11) is 0. The highest BCUT2D eigenvalue weighted by atomic mass is 35.5. The molecule has 1 N–H and O–H groups in total. The fourth-order valence-corrected chi connectivity index (χ4v) is 1.97. The highest BCUT2D eigenvalue weighted by Crippen LogP contribution is 2.14. The molecule has 3 heteroatoms. The van der Waals surface area contributed by atoms with Gasteiger partial charge in [-0.2, -0.15) is 0 Å². The van der Waals surface area contributed by atoms with E-state index in [1.54, 1.807) is 0 Å². The number of alkyl halides is 1. The van der Waals surface area contributed by atoms with Gasteiger partial charge in [0.1, 0.15) is 0 Å². The van der Waals surface area contributed by atoms with E-state index in [1.165, 1.54) is 0 Å². The number of rotatable bonds is 6. The number of amides is 1. The minimum atomic E-state index is -0.123. The van der Waals surface area contributed by atoms with Gasteiger partial charge in [-0.25, -0.2) is 0 Å². The lowest BCUT2D eigenvalue weighted by atomic mass is 10.0. The third-order valence-electron chi connectivity index (χ3n) is 2.79. The Labute approximate surface area is 108 Å². The van der Waals surface area contributed by atoms with Crippen LogP contribution in [0.5, 0.6) is 0 Å². The quantitative estimate of drug-likeness (QED) is 0.775. The zero-order valence-corrected chi connectivity index (χ0v) is 11.2. The van der Waals surface area contributed by atoms with E-state index in [0.717, 1.165) is 18.4 Å². The van der Waals surface area contributed by atoms with Crippen LogP contribution in [-0.2, 0) is 4.79 Å². The van der Waals surface area contributed by atoms with Gasteiger partial charge >= 0.3 is 0 Å². The maximum Gasteiger partial charge on any atom is 0.227 e. The second-order valence-electron chi connectivity index (χ2n) is 4.26. The second kappa shape index (κ2) is 7.33. The van der Waals surface area contributed by atoms with Crippen LogP contribution >= 0.6 is 11.6 Å². The predicted molar refractivity (Wildman–Crippen MR) is 72.4 cm³/mol. The molecule has 2 unspecified atom stereocenters. The fraction of sp³-hybridized carbons (Fsp3) is 0.500. The molecule has 0 aliphatic rings. The molecule has 17 heavy (non-hydrogen) atoms. The van der Waals surface area contributed by atoms with Crippen molar-refractivity contribution in [1.82, 2.24) is 5.32 Å². The molecule has 2 atom stereocenters. The van der Waals surface area contributed by atoms with Crippen molar-refractivity contribution in [3.63, 3.8) is 0 Å². The van der Waals surface area contributed by atoms with E-state index in [-0.39, 0.29) is 17.2 Å². The molecule has 0 bridgehead atoms. The summed E-state index contributed by atoms with van der Waals surface area (Å²) in [4.78, 5) is 11.9. The lowest BCUT2D eigenvalue weighted by Crippen LogP contribution is -2.32. The Morgan fingerprint density at radius 2 is 2.00 bits per heavy atom. The number of benzene rings is 1. The summed E-state index contributed by atoms with van der Waals surface area (Å²) in [6.07, 6.45) is 1.97. The second-order valence-corrected chi connectivity index (χ2v) is 4.88. The van der Waals surface area contributed by atoms with Crippen LogP contribution in [0.2, 0.25) is 0 Å². The van der Waals surface area contributed by atoms with Crippen LogP contribution < -0.4 is 5.32 Å². The van der Waals surface area contributed by atoms with Crippen LogP contribution in [0.4, 0.5) is 0 Å². The van der Waals surface area contributed by atoms with Gasteiger partial charge < -0.3 is 5.32 Å². The van der Waals surface area contributed by atoms with Gasteiger partial charge in [-0.05, 0) is 18.9 Å². The van der Waals surface area contributed by atoms with Gasteiger partial charge in [-0.3, -0.25) is 4.79 Å². The molecule has 0 aromatic heterocycles. The molecule has 2 nitrogen and oxygen atoms in total. The number of halogens is 1. The van der Waals surface area contributed by atoms with Gasteiger partial charge in [0.25, 0.3) is 0 Å². The van der Waals surface area contributed by atoms with Crippen LogP contribution in [-0.4, -0.2) is 17.8 Å². The van der Waals surface area contributed by atoms with Crippen molar-refractivity contribution >= 4 is 17.5 Å². The largest absolute Gasteiger partial charge is 0.354 e. The molecular weight excluding hydrogens is 234 g/mol. The highest BCUT2D eigenvalue weighted by Gasteiger charge is 2.15. The van der Waals surface area contributed by atoms with Crippen LogP contribution in [0, 0.1) is 0 Å². The molecule has 1 aromatic carbocycles. The number of carbonyl (C=O) groups is 1. The monoisotopic (exact) mass is 253 g/mol. The van der Waals surface area contributed by atoms with Crippen molar-refractivity contribution < 1.29 is 4.79 Å². The van der Waals surface area contributed by atoms with E-state index in [4.69, 9.17) is 11.6 Å². The summed E-state index contributed by atoms with van der Waals surface area (Å²) in [6, 6.07) is 9.77. The Bertz CT molecular complexity index is 339. The lowest BCUT2D eigenvalue weighted by Gasteiger charge is -2.14. The third-order valence-corrected chi connectivity index (χ3v) is 3.17. The minimum absolute atomic E-state index is 0.0342. The lowest BCUT2D eigenvalue weighted by molar-refractivity contribution is -0.122. The summed E-state index contributed by atoms with van der Waals surface area (Å²) < 4.78 is 0. The summed E-state index contributed by atoms with van der Waals surface area (Å²) in [5.74, 6) is -0.0837. The van der Waals surface area contributed by atoms with Crippen molar-refractivity contribution in [1.29, 1.82) is 0 Å². The normalized spacial score (nSPS) is 14.1. The summed E-state index contributed by atoms with van der Waals surface area (Å²) >= 11 is 6.06. The van der Waals surface area contributed by atoms with Gasteiger partial charge in [-0.15, -0.1) is 11.6 Å². The van der Waals surface area contributed by atoms with Crippen molar-refractivity contribution in [2.75, 3.05) is 6.54 Å². The standard InChI is InChI=1S/C14H20ClNO/c1-3-7-13(15)10-16-14(17)11(2)12-8-5-4-6-9-12/h4-6,8-9,11,13H,3,7,10H2,1-2H3,(H,16,17). The average molecular weight is 254 g/mol. The molecule has 0 saturated heterocycles. The van der Waals surface area contributed by atoms with Gasteiger partial charge in [0.05, 0.1) is 11.3 Å². The first kappa shape index (κ1) is 14.0. The maximum absolute atomic E-state index is 11.9. The van der Waals surface area contributed by atoms with Crippen LogP contribution in [0.3, 0.4) is 0 Å². The first-order chi connectivity index (χ1) is 8.15. The first-order valence-electron chi connectivity index (χ1n) is 6.11. The topological polar surface area (TPSA) is 29.1 Å². The molecule has 94 valence electrons. The van der Waals surface area contributed by atoms with Crippen molar-refractivity contribution in [3.8, 4) is 0 Å². The molecule has 0 saturated carbocycles. The number of nitrogens with one attached hydrogen (secondary N) is 1. The van der Waals surface area contributed by atoms with Crippen molar-refractivity contribution in [2.24, 2.45) is 0 Å². The first-order valence-corrected chi connectivity index (χ1v) is 6.55. The molecule has 0 heterocycles. The van der Waals surface area contributed by atoms with Gasteiger partial charge in [0.2, 0.25) is 5.91 Å². The summed E-state index contributed by atoms with van der Waals surface area (Å²) in [5, 5.41) is 2.93. The Balaban J connectivity index is 2.43. The molecule has 0 fully saturated rings. The molecule has 1 aromatic rings. The average Bonchev–Trinajstić information content (AvgIpc) is 2.36. The Kier molecular flexibility index (Phi) is 6.06. The molecular formula is C14H20ClNO. The molecule has 0 aliphatic carbocycles. The Hall–Kier alpha value is -1.02. The van der Waals surface area contributed by atoms with Gasteiger partial charge in [0.15, 0.2) is 0 Å². The number of carbonyl (C=O) groups excluding carboxylic acids is 1. The maximum atomic E-state index is 11.9. The summed E-state index contributed by atoms with van der Waals surface area (Å²) in [5.41, 5.74) is 1.03. The van der Waals surface area contributed by atoms with Crippen LogP contribution in [0.1, 0.15) is 38.2 Å². The van der Waals surface area contributed by atoms with E-state index in [2.05, 4.69) is 12.2 Å². The van der Waals surface area contributed by atoms with E-state index < -0.39 is 0 Å². The SMILES string of the molecule is CCCC(Cl)CNC(=O)C(C)c1ccccc1. The zero-order valence-electron chi connectivity index (χ0n) is 10.4. The molecule has 0 spiro atoms. The number of hydrogen-bond donors (Lipinski definition) is 1. The highest BCUT2D eigenvalue weighted by molar-refractivity contribution is 6.20. The third kappa shape index (κ3) is 4.78. The van der Waals surface area contributed by atoms with E-state index in [9.17, 15) is 4.79 Å². The van der Waals surface area contributed by atoms with Crippen molar-refractivity contribution in [2.45, 2.75) is 38.0 Å². The predicted octanol–water partition coefficient (Wildman–Crippen LogP) is 3.31. The van der Waals surface area contributed by atoms with E-state index in [0.29, 0.717) is 6.54 Å². The minimum Gasteiger partial charge on any atom is -0.354 e.